The number of hydrogen-bond acceptors (Lipinski definition) is 4. The Morgan fingerprint density at radius 3 is 3.00 bits per heavy atom. The first-order chi connectivity index (χ1) is 8.18. The minimum atomic E-state index is -0.953. The topological polar surface area (TPSA) is 53.4 Å². The Labute approximate surface area is 103 Å². The fourth-order valence-electron chi connectivity index (χ4n) is 1.63. The van der Waals surface area contributed by atoms with Gasteiger partial charge in [-0.3, -0.25) is 4.98 Å². The van der Waals surface area contributed by atoms with Crippen molar-refractivity contribution < 1.29 is 9.90 Å². The van der Waals surface area contributed by atoms with Gasteiger partial charge in [0.15, 0.2) is 0 Å². The first-order valence-corrected chi connectivity index (χ1v) is 6.02. The number of carbonyl (C=O) groups is 1. The van der Waals surface area contributed by atoms with Gasteiger partial charge in [-0.15, -0.1) is 0 Å². The third kappa shape index (κ3) is 2.62. The van der Waals surface area contributed by atoms with Gasteiger partial charge >= 0.3 is 5.97 Å². The van der Waals surface area contributed by atoms with E-state index in [1.165, 1.54) is 11.8 Å². The van der Waals surface area contributed by atoms with Crippen LogP contribution in [0.3, 0.4) is 0 Å². The van der Waals surface area contributed by atoms with Gasteiger partial charge in [-0.05, 0) is 28.5 Å². The summed E-state index contributed by atoms with van der Waals surface area (Å²) in [5.41, 5.74) is 2.08. The summed E-state index contributed by atoms with van der Waals surface area (Å²) in [5.74, 6) is -0.953. The van der Waals surface area contributed by atoms with Crippen molar-refractivity contribution in [3.05, 3.63) is 46.4 Å². The maximum atomic E-state index is 11.1. The van der Waals surface area contributed by atoms with E-state index in [0.29, 0.717) is 12.2 Å². The van der Waals surface area contributed by atoms with Crippen molar-refractivity contribution in [2.75, 3.05) is 11.9 Å². The summed E-state index contributed by atoms with van der Waals surface area (Å²) < 4.78 is 0. The fourth-order valence-corrected chi connectivity index (χ4v) is 2.29. The first kappa shape index (κ1) is 11.6. The van der Waals surface area contributed by atoms with Gasteiger partial charge in [0.05, 0.1) is 5.69 Å². The number of aromatic carboxylic acids is 1. The van der Waals surface area contributed by atoms with Crippen molar-refractivity contribution in [1.29, 1.82) is 0 Å². The first-order valence-electron chi connectivity index (χ1n) is 5.08. The fraction of sp³-hybridized carbons (Fsp3) is 0.167. The zero-order valence-corrected chi connectivity index (χ0v) is 10.1. The van der Waals surface area contributed by atoms with Gasteiger partial charge in [-0.25, -0.2) is 4.79 Å². The number of rotatable bonds is 4. The van der Waals surface area contributed by atoms with Crippen LogP contribution in [0.25, 0.3) is 0 Å². The average molecular weight is 248 g/mol. The smallest absolute Gasteiger partial charge is 0.339 e. The van der Waals surface area contributed by atoms with Crippen LogP contribution >= 0.6 is 11.3 Å². The molecule has 0 aliphatic heterocycles. The van der Waals surface area contributed by atoms with E-state index in [2.05, 4.69) is 10.4 Å². The molecule has 0 amide bonds. The molecule has 0 bridgehead atoms. The predicted molar refractivity (Wildman–Crippen MR) is 67.6 cm³/mol. The summed E-state index contributed by atoms with van der Waals surface area (Å²) in [6, 6.07) is 3.75. The maximum absolute atomic E-state index is 11.1. The monoisotopic (exact) mass is 248 g/mol. The van der Waals surface area contributed by atoms with Gasteiger partial charge in [0, 0.05) is 26.0 Å². The summed E-state index contributed by atoms with van der Waals surface area (Å²) >= 11 is 1.63. The molecule has 88 valence electrons. The van der Waals surface area contributed by atoms with E-state index < -0.39 is 5.97 Å². The van der Waals surface area contributed by atoms with Gasteiger partial charge in [0.1, 0.15) is 5.56 Å². The Bertz CT molecular complexity index is 511. The molecular weight excluding hydrogens is 236 g/mol. The maximum Gasteiger partial charge on any atom is 0.339 e. The molecule has 2 rings (SSSR count). The van der Waals surface area contributed by atoms with Crippen LogP contribution in [0.15, 0.2) is 35.3 Å². The molecule has 0 saturated heterocycles. The highest BCUT2D eigenvalue weighted by atomic mass is 32.1. The molecule has 1 N–H and O–H groups in total. The van der Waals surface area contributed by atoms with Crippen molar-refractivity contribution >= 4 is 23.0 Å². The van der Waals surface area contributed by atoms with Gasteiger partial charge in [0.2, 0.25) is 0 Å². The summed E-state index contributed by atoms with van der Waals surface area (Å²) in [7, 11) is 1.87. The molecular formula is C12H12N2O2S. The second-order valence-corrected chi connectivity index (χ2v) is 4.47. The lowest BCUT2D eigenvalue weighted by Gasteiger charge is -2.20. The second kappa shape index (κ2) is 4.97. The molecule has 2 aromatic rings. The molecule has 4 nitrogen and oxygen atoms in total. The van der Waals surface area contributed by atoms with Crippen molar-refractivity contribution in [3.8, 4) is 0 Å². The Morgan fingerprint density at radius 2 is 2.35 bits per heavy atom. The van der Waals surface area contributed by atoms with E-state index in [4.69, 9.17) is 5.11 Å². The molecule has 0 radical (unpaired) electrons. The van der Waals surface area contributed by atoms with E-state index in [1.54, 1.807) is 23.6 Å². The molecule has 17 heavy (non-hydrogen) atoms. The molecule has 0 fully saturated rings. The highest BCUT2D eigenvalue weighted by molar-refractivity contribution is 7.07. The lowest BCUT2D eigenvalue weighted by Crippen LogP contribution is -2.19. The Balaban J connectivity index is 2.24. The van der Waals surface area contributed by atoms with Crippen LogP contribution in [0.5, 0.6) is 0 Å². The van der Waals surface area contributed by atoms with Crippen LogP contribution in [0.4, 0.5) is 5.69 Å². The SMILES string of the molecule is CN(Cc1ccsc1)c1ccncc1C(=O)O. The largest absolute Gasteiger partial charge is 0.478 e. The number of carboxylic acid groups (broad SMARTS) is 1. The molecule has 0 atom stereocenters. The van der Waals surface area contributed by atoms with Crippen molar-refractivity contribution in [1.82, 2.24) is 4.98 Å². The molecule has 0 spiro atoms. The minimum absolute atomic E-state index is 0.227. The highest BCUT2D eigenvalue weighted by Crippen LogP contribution is 2.20. The van der Waals surface area contributed by atoms with Gasteiger partial charge < -0.3 is 10.0 Å². The van der Waals surface area contributed by atoms with Crippen LogP contribution in [0.1, 0.15) is 15.9 Å². The molecule has 2 aromatic heterocycles. The van der Waals surface area contributed by atoms with E-state index >= 15 is 0 Å². The molecule has 0 aromatic carbocycles. The zero-order valence-electron chi connectivity index (χ0n) is 9.33. The number of anilines is 1. The van der Waals surface area contributed by atoms with Crippen LogP contribution < -0.4 is 4.90 Å². The molecule has 5 heteroatoms. The van der Waals surface area contributed by atoms with Crippen LogP contribution in [-0.2, 0) is 6.54 Å². The standard InChI is InChI=1S/C12H12N2O2S/c1-14(7-9-3-5-17-8-9)11-2-4-13-6-10(11)12(15)16/h2-6,8H,7H2,1H3,(H,15,16). The molecule has 0 unspecified atom stereocenters. The predicted octanol–water partition coefficient (Wildman–Crippen LogP) is 2.48. The van der Waals surface area contributed by atoms with Crippen molar-refractivity contribution in [2.24, 2.45) is 0 Å². The third-order valence-electron chi connectivity index (χ3n) is 2.44. The number of aromatic nitrogens is 1. The van der Waals surface area contributed by atoms with E-state index in [1.807, 2.05) is 23.4 Å². The summed E-state index contributed by atoms with van der Waals surface area (Å²) in [6.07, 6.45) is 2.98. The Hall–Kier alpha value is -1.88. The zero-order chi connectivity index (χ0) is 12.3. The van der Waals surface area contributed by atoms with E-state index in [9.17, 15) is 4.79 Å². The van der Waals surface area contributed by atoms with Crippen LogP contribution in [0.2, 0.25) is 0 Å². The van der Waals surface area contributed by atoms with Gasteiger partial charge in [-0.2, -0.15) is 11.3 Å². The lowest BCUT2D eigenvalue weighted by molar-refractivity contribution is 0.0697. The Morgan fingerprint density at radius 1 is 1.53 bits per heavy atom. The van der Waals surface area contributed by atoms with Crippen molar-refractivity contribution in [3.63, 3.8) is 0 Å². The summed E-state index contributed by atoms with van der Waals surface area (Å²) in [5, 5.41) is 13.1. The normalized spacial score (nSPS) is 10.2. The Kier molecular flexibility index (Phi) is 3.39. The minimum Gasteiger partial charge on any atom is -0.478 e. The highest BCUT2D eigenvalue weighted by Gasteiger charge is 2.13. The number of nitrogens with zero attached hydrogens (tertiary/aromatic N) is 2. The third-order valence-corrected chi connectivity index (χ3v) is 3.17. The van der Waals surface area contributed by atoms with Crippen LogP contribution in [-0.4, -0.2) is 23.1 Å². The quantitative estimate of drug-likeness (QED) is 0.903. The lowest BCUT2D eigenvalue weighted by atomic mass is 10.2. The number of carboxylic acids is 1. The molecule has 0 aliphatic rings. The number of hydrogen-bond donors (Lipinski definition) is 1. The number of thiophene rings is 1. The van der Waals surface area contributed by atoms with Gasteiger partial charge in [-0.1, -0.05) is 0 Å². The second-order valence-electron chi connectivity index (χ2n) is 3.69. The summed E-state index contributed by atoms with van der Waals surface area (Å²) in [6.45, 7) is 0.688. The number of pyridine rings is 1. The molecule has 0 aliphatic carbocycles. The van der Waals surface area contributed by atoms with Crippen molar-refractivity contribution in [2.45, 2.75) is 6.54 Å². The molecule has 2 heterocycles. The molecule has 0 saturated carbocycles. The van der Waals surface area contributed by atoms with Gasteiger partial charge in [0.25, 0.3) is 0 Å². The van der Waals surface area contributed by atoms with E-state index in [0.717, 1.165) is 0 Å². The van der Waals surface area contributed by atoms with Crippen LogP contribution in [0, 0.1) is 0 Å². The summed E-state index contributed by atoms with van der Waals surface area (Å²) in [4.78, 5) is 16.8. The van der Waals surface area contributed by atoms with E-state index in [-0.39, 0.29) is 5.56 Å². The average Bonchev–Trinajstić information content (AvgIpc) is 2.81.